The molecule has 20 heavy (non-hydrogen) atoms. The van der Waals surface area contributed by atoms with E-state index in [0.717, 1.165) is 18.8 Å². The second kappa shape index (κ2) is 6.86. The maximum Gasteiger partial charge on any atom is 0.389 e. The van der Waals surface area contributed by atoms with Crippen molar-refractivity contribution >= 4 is 11.4 Å². The van der Waals surface area contributed by atoms with Crippen LogP contribution in [0, 0.1) is 0 Å². The molecular formula is C15H21F3N2. The highest BCUT2D eigenvalue weighted by molar-refractivity contribution is 5.55. The van der Waals surface area contributed by atoms with Gasteiger partial charge in [-0.1, -0.05) is 0 Å². The molecule has 112 valence electrons. The summed E-state index contributed by atoms with van der Waals surface area (Å²) in [6, 6.07) is 7.96. The molecule has 2 nitrogen and oxygen atoms in total. The molecule has 0 amide bonds. The van der Waals surface area contributed by atoms with Gasteiger partial charge < -0.3 is 10.2 Å². The molecule has 0 atom stereocenters. The van der Waals surface area contributed by atoms with Crippen LogP contribution in [0.4, 0.5) is 24.5 Å². The first-order chi connectivity index (χ1) is 9.54. The number of piperidine rings is 1. The maximum absolute atomic E-state index is 12.0. The molecule has 0 spiro atoms. The van der Waals surface area contributed by atoms with Crippen molar-refractivity contribution in [1.82, 2.24) is 0 Å². The van der Waals surface area contributed by atoms with Gasteiger partial charge in [0, 0.05) is 37.4 Å². The summed E-state index contributed by atoms with van der Waals surface area (Å²) in [5, 5.41) is 3.03. The number of benzene rings is 1. The van der Waals surface area contributed by atoms with Gasteiger partial charge >= 0.3 is 6.18 Å². The Morgan fingerprint density at radius 1 is 1.00 bits per heavy atom. The molecule has 1 aliphatic rings. The smallest absolute Gasteiger partial charge is 0.385 e. The Morgan fingerprint density at radius 3 is 2.25 bits per heavy atom. The van der Waals surface area contributed by atoms with Crippen LogP contribution in [0.1, 0.15) is 32.1 Å². The summed E-state index contributed by atoms with van der Waals surface area (Å²) in [5.74, 6) is 0. The van der Waals surface area contributed by atoms with Gasteiger partial charge in [-0.15, -0.1) is 0 Å². The second-order valence-corrected chi connectivity index (χ2v) is 5.24. The molecule has 1 fully saturated rings. The number of nitrogens with zero attached hydrogens (tertiary/aromatic N) is 1. The Bertz CT molecular complexity index is 395. The standard InChI is InChI=1S/C15H21F3N2/c16-15(17,18)9-4-10-19-13-5-7-14(8-6-13)20-11-2-1-3-12-20/h5-8,19H,1-4,9-12H2. The molecule has 1 N–H and O–H groups in total. The largest absolute Gasteiger partial charge is 0.389 e. The minimum absolute atomic E-state index is 0.109. The first-order valence-corrected chi connectivity index (χ1v) is 7.20. The van der Waals surface area contributed by atoms with E-state index in [2.05, 4.69) is 10.2 Å². The van der Waals surface area contributed by atoms with Crippen LogP contribution >= 0.6 is 0 Å². The van der Waals surface area contributed by atoms with Crippen LogP contribution in [0.2, 0.25) is 0 Å². The van der Waals surface area contributed by atoms with Crippen LogP contribution < -0.4 is 10.2 Å². The van der Waals surface area contributed by atoms with E-state index in [9.17, 15) is 13.2 Å². The van der Waals surface area contributed by atoms with E-state index in [0.29, 0.717) is 6.54 Å². The second-order valence-electron chi connectivity index (χ2n) is 5.24. The van der Waals surface area contributed by atoms with E-state index in [1.165, 1.54) is 24.9 Å². The van der Waals surface area contributed by atoms with Gasteiger partial charge in [0.25, 0.3) is 0 Å². The lowest BCUT2D eigenvalue weighted by Crippen LogP contribution is -2.29. The van der Waals surface area contributed by atoms with Gasteiger partial charge in [-0.05, 0) is 49.9 Å². The average Bonchev–Trinajstić information content (AvgIpc) is 2.44. The molecule has 1 saturated heterocycles. The zero-order valence-electron chi connectivity index (χ0n) is 11.5. The highest BCUT2D eigenvalue weighted by atomic mass is 19.4. The molecule has 1 aromatic rings. The molecule has 1 aromatic carbocycles. The Balaban J connectivity index is 1.76. The molecule has 0 unspecified atom stereocenters. The Labute approximate surface area is 118 Å². The summed E-state index contributed by atoms with van der Waals surface area (Å²) in [7, 11) is 0. The van der Waals surface area contributed by atoms with Crippen LogP contribution in [-0.2, 0) is 0 Å². The van der Waals surface area contributed by atoms with E-state index in [1.807, 2.05) is 24.3 Å². The van der Waals surface area contributed by atoms with E-state index in [4.69, 9.17) is 0 Å². The number of alkyl halides is 3. The number of hydrogen-bond acceptors (Lipinski definition) is 2. The van der Waals surface area contributed by atoms with Crippen LogP contribution in [0.5, 0.6) is 0 Å². The molecule has 5 heteroatoms. The SMILES string of the molecule is FC(F)(F)CCCNc1ccc(N2CCCCC2)cc1. The van der Waals surface area contributed by atoms with Gasteiger partial charge in [-0.3, -0.25) is 0 Å². The van der Waals surface area contributed by atoms with Gasteiger partial charge in [0.2, 0.25) is 0 Å². The fourth-order valence-electron chi connectivity index (χ4n) is 2.46. The highest BCUT2D eigenvalue weighted by Crippen LogP contribution is 2.23. The van der Waals surface area contributed by atoms with Gasteiger partial charge in [0.1, 0.15) is 0 Å². The molecule has 1 aliphatic heterocycles. The van der Waals surface area contributed by atoms with Gasteiger partial charge in [0.05, 0.1) is 0 Å². The van der Waals surface area contributed by atoms with Gasteiger partial charge in [-0.25, -0.2) is 0 Å². The number of halogens is 3. The molecule has 2 rings (SSSR count). The third-order valence-electron chi connectivity index (χ3n) is 3.55. The minimum atomic E-state index is -4.06. The quantitative estimate of drug-likeness (QED) is 0.805. The molecular weight excluding hydrogens is 265 g/mol. The lowest BCUT2D eigenvalue weighted by molar-refractivity contribution is -0.134. The third kappa shape index (κ3) is 4.94. The topological polar surface area (TPSA) is 15.3 Å². The summed E-state index contributed by atoms with van der Waals surface area (Å²) in [5.41, 5.74) is 2.08. The predicted octanol–water partition coefficient (Wildman–Crippen LogP) is 4.43. The zero-order valence-corrected chi connectivity index (χ0v) is 11.5. The summed E-state index contributed by atoms with van der Waals surface area (Å²) in [4.78, 5) is 2.36. The average molecular weight is 286 g/mol. The Kier molecular flexibility index (Phi) is 5.15. The molecule has 0 saturated carbocycles. The van der Waals surface area contributed by atoms with Crippen molar-refractivity contribution in [2.45, 2.75) is 38.3 Å². The number of rotatable bonds is 5. The first kappa shape index (κ1) is 15.0. The van der Waals surface area contributed by atoms with E-state index in [1.54, 1.807) is 0 Å². The van der Waals surface area contributed by atoms with Crippen molar-refractivity contribution < 1.29 is 13.2 Å². The Morgan fingerprint density at radius 2 is 1.65 bits per heavy atom. The van der Waals surface area contributed by atoms with Crippen molar-refractivity contribution in [3.8, 4) is 0 Å². The minimum Gasteiger partial charge on any atom is -0.385 e. The molecule has 0 bridgehead atoms. The van der Waals surface area contributed by atoms with Crippen molar-refractivity contribution in [3.63, 3.8) is 0 Å². The van der Waals surface area contributed by atoms with Gasteiger partial charge in [0.15, 0.2) is 0 Å². The van der Waals surface area contributed by atoms with Crippen LogP contribution in [0.3, 0.4) is 0 Å². The lowest BCUT2D eigenvalue weighted by Gasteiger charge is -2.28. The summed E-state index contributed by atoms with van der Waals surface area (Å²) in [6.45, 7) is 2.54. The monoisotopic (exact) mass is 286 g/mol. The van der Waals surface area contributed by atoms with Crippen molar-refractivity contribution in [1.29, 1.82) is 0 Å². The lowest BCUT2D eigenvalue weighted by atomic mass is 10.1. The number of hydrogen-bond donors (Lipinski definition) is 1. The first-order valence-electron chi connectivity index (χ1n) is 7.20. The zero-order chi connectivity index (χ0) is 14.4. The fraction of sp³-hybridized carbons (Fsp3) is 0.600. The van der Waals surface area contributed by atoms with Crippen LogP contribution in [0.15, 0.2) is 24.3 Å². The van der Waals surface area contributed by atoms with Gasteiger partial charge in [-0.2, -0.15) is 13.2 Å². The van der Waals surface area contributed by atoms with Crippen molar-refractivity contribution in [3.05, 3.63) is 24.3 Å². The summed E-state index contributed by atoms with van der Waals surface area (Å²) < 4.78 is 36.0. The van der Waals surface area contributed by atoms with Crippen molar-refractivity contribution in [2.75, 3.05) is 29.9 Å². The van der Waals surface area contributed by atoms with Crippen molar-refractivity contribution in [2.24, 2.45) is 0 Å². The van der Waals surface area contributed by atoms with Crippen LogP contribution in [-0.4, -0.2) is 25.8 Å². The highest BCUT2D eigenvalue weighted by Gasteiger charge is 2.25. The Hall–Kier alpha value is -1.39. The summed E-state index contributed by atoms with van der Waals surface area (Å²) >= 11 is 0. The maximum atomic E-state index is 12.0. The molecule has 0 aliphatic carbocycles. The predicted molar refractivity (Wildman–Crippen MR) is 76.3 cm³/mol. The fourth-order valence-corrected chi connectivity index (χ4v) is 2.46. The van der Waals surface area contributed by atoms with E-state index in [-0.39, 0.29) is 6.42 Å². The van der Waals surface area contributed by atoms with Crippen LogP contribution in [0.25, 0.3) is 0 Å². The molecule has 0 radical (unpaired) electrons. The molecule has 0 aromatic heterocycles. The molecule has 1 heterocycles. The third-order valence-corrected chi connectivity index (χ3v) is 3.55. The number of nitrogens with one attached hydrogen (secondary N) is 1. The summed E-state index contributed by atoms with van der Waals surface area (Å²) in [6.07, 6.45) is -0.909. The van der Waals surface area contributed by atoms with E-state index < -0.39 is 12.6 Å². The normalized spacial score (nSPS) is 16.2. The van der Waals surface area contributed by atoms with E-state index >= 15 is 0 Å². The number of anilines is 2.